The van der Waals surface area contributed by atoms with Crippen molar-refractivity contribution in [1.82, 2.24) is 4.98 Å². The molecule has 2 heterocycles. The SMILES string of the molecule is N#C[C@@H]1CN(c2ccccc2-c2[nH]c3ccccc3c2Cl)C[C@H]1O. The predicted molar refractivity (Wildman–Crippen MR) is 96.1 cm³/mol. The van der Waals surface area contributed by atoms with E-state index in [2.05, 4.69) is 16.0 Å². The summed E-state index contributed by atoms with van der Waals surface area (Å²) in [6.45, 7) is 0.972. The summed E-state index contributed by atoms with van der Waals surface area (Å²) in [5, 5.41) is 20.9. The van der Waals surface area contributed by atoms with Crippen LogP contribution in [0.2, 0.25) is 5.02 Å². The average molecular weight is 338 g/mol. The second-order valence-corrected chi connectivity index (χ2v) is 6.46. The van der Waals surface area contributed by atoms with Gasteiger partial charge in [0.15, 0.2) is 0 Å². The Bertz CT molecular complexity index is 943. The number of nitrogens with zero attached hydrogens (tertiary/aromatic N) is 2. The molecule has 4 rings (SSSR count). The van der Waals surface area contributed by atoms with Gasteiger partial charge in [-0.2, -0.15) is 5.26 Å². The molecule has 1 aliphatic heterocycles. The molecule has 1 fully saturated rings. The van der Waals surface area contributed by atoms with Crippen LogP contribution < -0.4 is 4.90 Å². The molecule has 1 aliphatic rings. The zero-order valence-corrected chi connectivity index (χ0v) is 13.7. The van der Waals surface area contributed by atoms with Gasteiger partial charge in [-0.25, -0.2) is 0 Å². The van der Waals surface area contributed by atoms with Crippen LogP contribution in [0.3, 0.4) is 0 Å². The lowest BCUT2D eigenvalue weighted by Crippen LogP contribution is -2.21. The van der Waals surface area contributed by atoms with Crippen molar-refractivity contribution in [2.75, 3.05) is 18.0 Å². The number of nitrogens with one attached hydrogen (secondary N) is 1. The van der Waals surface area contributed by atoms with Gasteiger partial charge in [-0.05, 0) is 12.1 Å². The number of fused-ring (bicyclic) bond motifs is 1. The Hall–Kier alpha value is -2.48. The summed E-state index contributed by atoms with van der Waals surface area (Å²) in [4.78, 5) is 5.45. The van der Waals surface area contributed by atoms with Crippen molar-refractivity contribution in [2.45, 2.75) is 6.10 Å². The van der Waals surface area contributed by atoms with E-state index in [1.54, 1.807) is 0 Å². The summed E-state index contributed by atoms with van der Waals surface area (Å²) >= 11 is 6.60. The number of benzene rings is 2. The van der Waals surface area contributed by atoms with Crippen LogP contribution in [-0.2, 0) is 0 Å². The summed E-state index contributed by atoms with van der Waals surface area (Å²) in [5.41, 5.74) is 3.80. The van der Waals surface area contributed by atoms with E-state index in [0.717, 1.165) is 27.8 Å². The minimum Gasteiger partial charge on any atom is -0.390 e. The fourth-order valence-electron chi connectivity index (χ4n) is 3.36. The first-order valence-corrected chi connectivity index (χ1v) is 8.25. The van der Waals surface area contributed by atoms with Crippen molar-refractivity contribution in [1.29, 1.82) is 5.26 Å². The van der Waals surface area contributed by atoms with Crippen LogP contribution in [0, 0.1) is 17.2 Å². The summed E-state index contributed by atoms with van der Waals surface area (Å²) in [7, 11) is 0. The molecular weight excluding hydrogens is 322 g/mol. The standard InChI is InChI=1S/C19H16ClN3O/c20-18-13-5-1-3-7-15(13)22-19(18)14-6-2-4-8-16(14)23-10-12(9-21)17(24)11-23/h1-8,12,17,22,24H,10-11H2/t12-,17-/m1/s1. The number of aliphatic hydroxyl groups is 1. The van der Waals surface area contributed by atoms with Crippen molar-refractivity contribution < 1.29 is 5.11 Å². The van der Waals surface area contributed by atoms with Gasteiger partial charge in [0.25, 0.3) is 0 Å². The van der Waals surface area contributed by atoms with Crippen molar-refractivity contribution in [3.8, 4) is 17.3 Å². The Morgan fingerprint density at radius 1 is 1.12 bits per heavy atom. The quantitative estimate of drug-likeness (QED) is 0.747. The molecule has 120 valence electrons. The minimum atomic E-state index is -0.624. The Kier molecular flexibility index (Phi) is 3.68. The molecule has 2 N–H and O–H groups in total. The van der Waals surface area contributed by atoms with E-state index < -0.39 is 6.10 Å². The molecule has 0 bridgehead atoms. The number of rotatable bonds is 2. The van der Waals surface area contributed by atoms with E-state index >= 15 is 0 Å². The van der Waals surface area contributed by atoms with Gasteiger partial charge in [-0.3, -0.25) is 0 Å². The minimum absolute atomic E-state index is 0.365. The number of halogens is 1. The summed E-state index contributed by atoms with van der Waals surface area (Å²) in [5.74, 6) is -0.365. The van der Waals surface area contributed by atoms with Gasteiger partial charge < -0.3 is 15.0 Å². The number of β-amino-alcohol motifs (C(OH)–C–C–N with tert-alkyl or cyclic N) is 1. The second kappa shape index (κ2) is 5.86. The maximum absolute atomic E-state index is 10.1. The summed E-state index contributed by atoms with van der Waals surface area (Å²) < 4.78 is 0. The van der Waals surface area contributed by atoms with E-state index in [1.807, 2.05) is 48.5 Å². The Morgan fingerprint density at radius 2 is 1.88 bits per heavy atom. The molecule has 2 aromatic carbocycles. The molecule has 0 saturated carbocycles. The highest BCUT2D eigenvalue weighted by molar-refractivity contribution is 6.38. The maximum atomic E-state index is 10.1. The molecule has 4 nitrogen and oxygen atoms in total. The number of aromatic nitrogens is 1. The number of hydrogen-bond donors (Lipinski definition) is 2. The molecule has 0 aliphatic carbocycles. The van der Waals surface area contributed by atoms with E-state index in [4.69, 9.17) is 16.9 Å². The van der Waals surface area contributed by atoms with Gasteiger partial charge in [-0.15, -0.1) is 0 Å². The Morgan fingerprint density at radius 3 is 2.62 bits per heavy atom. The zero-order chi connectivity index (χ0) is 16.7. The molecule has 3 aromatic rings. The van der Waals surface area contributed by atoms with E-state index in [1.165, 1.54) is 0 Å². The van der Waals surface area contributed by atoms with Crippen molar-refractivity contribution in [2.24, 2.45) is 5.92 Å². The maximum Gasteiger partial charge on any atom is 0.0914 e. The van der Waals surface area contributed by atoms with Crippen molar-refractivity contribution >= 4 is 28.2 Å². The van der Waals surface area contributed by atoms with E-state index in [-0.39, 0.29) is 5.92 Å². The lowest BCUT2D eigenvalue weighted by molar-refractivity contribution is 0.171. The average Bonchev–Trinajstić information content (AvgIpc) is 3.15. The lowest BCUT2D eigenvalue weighted by atomic mass is 10.1. The summed E-state index contributed by atoms with van der Waals surface area (Å²) in [6, 6.07) is 18.0. The molecule has 5 heteroatoms. The van der Waals surface area contributed by atoms with Gasteiger partial charge >= 0.3 is 0 Å². The first-order valence-electron chi connectivity index (χ1n) is 7.87. The van der Waals surface area contributed by atoms with Crippen LogP contribution >= 0.6 is 11.6 Å². The topological polar surface area (TPSA) is 63.0 Å². The first-order chi connectivity index (χ1) is 11.7. The Balaban J connectivity index is 1.82. The van der Waals surface area contributed by atoms with Crippen molar-refractivity contribution in [3.05, 3.63) is 53.6 Å². The molecule has 0 radical (unpaired) electrons. The fraction of sp³-hybridized carbons (Fsp3) is 0.211. The number of anilines is 1. The number of hydrogen-bond acceptors (Lipinski definition) is 3. The van der Waals surface area contributed by atoms with Crippen molar-refractivity contribution in [3.63, 3.8) is 0 Å². The van der Waals surface area contributed by atoms with Gasteiger partial charge in [0.2, 0.25) is 0 Å². The number of H-pyrrole nitrogens is 1. The highest BCUT2D eigenvalue weighted by atomic mass is 35.5. The molecule has 0 unspecified atom stereocenters. The number of nitriles is 1. The highest BCUT2D eigenvalue weighted by Crippen LogP contribution is 2.40. The van der Waals surface area contributed by atoms with Gasteiger partial charge in [0.1, 0.15) is 0 Å². The molecule has 0 amide bonds. The lowest BCUT2D eigenvalue weighted by Gasteiger charge is -2.21. The summed E-state index contributed by atoms with van der Waals surface area (Å²) in [6.07, 6.45) is -0.624. The molecule has 24 heavy (non-hydrogen) atoms. The van der Waals surface area contributed by atoms with E-state index in [0.29, 0.717) is 18.1 Å². The van der Waals surface area contributed by atoms with Gasteiger partial charge in [0.05, 0.1) is 28.8 Å². The third kappa shape index (κ3) is 2.34. The largest absolute Gasteiger partial charge is 0.390 e. The molecule has 0 spiro atoms. The number of para-hydroxylation sites is 2. The van der Waals surface area contributed by atoms with Gasteiger partial charge in [0, 0.05) is 35.2 Å². The smallest absolute Gasteiger partial charge is 0.0914 e. The van der Waals surface area contributed by atoms with E-state index in [9.17, 15) is 5.11 Å². The first kappa shape index (κ1) is 15.1. The number of aliphatic hydroxyl groups excluding tert-OH is 1. The fourth-order valence-corrected chi connectivity index (χ4v) is 3.68. The van der Waals surface area contributed by atoms with Crippen LogP contribution in [0.25, 0.3) is 22.2 Å². The van der Waals surface area contributed by atoms with Crippen LogP contribution in [-0.4, -0.2) is 29.3 Å². The molecule has 1 aromatic heterocycles. The Labute approximate surface area is 144 Å². The van der Waals surface area contributed by atoms with Crippen LogP contribution in [0.15, 0.2) is 48.5 Å². The number of aromatic amines is 1. The van der Waals surface area contributed by atoms with Crippen LogP contribution in [0.4, 0.5) is 5.69 Å². The molecular formula is C19H16ClN3O. The highest BCUT2D eigenvalue weighted by Gasteiger charge is 2.32. The predicted octanol–water partition coefficient (Wildman–Crippen LogP) is 3.81. The third-order valence-corrected chi connectivity index (χ3v) is 5.00. The molecule has 1 saturated heterocycles. The van der Waals surface area contributed by atoms with Gasteiger partial charge in [-0.1, -0.05) is 48.0 Å². The monoisotopic (exact) mass is 337 g/mol. The second-order valence-electron chi connectivity index (χ2n) is 6.08. The molecule has 2 atom stereocenters. The van der Waals surface area contributed by atoms with Crippen LogP contribution in [0.1, 0.15) is 0 Å². The van der Waals surface area contributed by atoms with Crippen LogP contribution in [0.5, 0.6) is 0 Å². The zero-order valence-electron chi connectivity index (χ0n) is 12.9. The third-order valence-electron chi connectivity index (χ3n) is 4.61. The normalized spacial score (nSPS) is 20.5.